The Balaban J connectivity index is 1.33. The van der Waals surface area contributed by atoms with Gasteiger partial charge in [0.05, 0.1) is 18.9 Å². The maximum Gasteiger partial charge on any atom is 0.306 e. The maximum atomic E-state index is 11.5. The van der Waals surface area contributed by atoms with E-state index >= 15 is 0 Å². The summed E-state index contributed by atoms with van der Waals surface area (Å²) in [4.78, 5) is 11.5. The molecule has 0 bridgehead atoms. The molecule has 162 valence electrons. The van der Waals surface area contributed by atoms with Gasteiger partial charge in [-0.15, -0.1) is 11.6 Å². The first-order chi connectivity index (χ1) is 15.0. The molecule has 0 N–H and O–H groups in total. The first-order valence-electron chi connectivity index (χ1n) is 10.6. The lowest BCUT2D eigenvalue weighted by Gasteiger charge is -2.16. The van der Waals surface area contributed by atoms with Gasteiger partial charge >= 0.3 is 5.97 Å². The fourth-order valence-corrected chi connectivity index (χ4v) is 4.10. The lowest BCUT2D eigenvalue weighted by atomic mass is 9.98. The summed E-state index contributed by atoms with van der Waals surface area (Å²) in [6.07, 6.45) is 8.43. The predicted molar refractivity (Wildman–Crippen MR) is 122 cm³/mol. The number of allylic oxidation sites excluding steroid dienone is 2. The van der Waals surface area contributed by atoms with Crippen LogP contribution in [0.1, 0.15) is 42.4 Å². The molecule has 0 saturated carbocycles. The van der Waals surface area contributed by atoms with Crippen molar-refractivity contribution < 1.29 is 19.0 Å². The van der Waals surface area contributed by atoms with Gasteiger partial charge in [-0.2, -0.15) is 0 Å². The quantitative estimate of drug-likeness (QED) is 0.409. The van der Waals surface area contributed by atoms with Gasteiger partial charge in [-0.3, -0.25) is 4.79 Å². The van der Waals surface area contributed by atoms with Crippen LogP contribution in [-0.2, 0) is 22.6 Å². The van der Waals surface area contributed by atoms with Crippen LogP contribution in [0.15, 0.2) is 66.3 Å². The first kappa shape index (κ1) is 21.5. The van der Waals surface area contributed by atoms with E-state index in [1.165, 1.54) is 18.2 Å². The number of alkyl halides is 1. The average molecular weight is 439 g/mol. The maximum absolute atomic E-state index is 11.5. The van der Waals surface area contributed by atoms with Gasteiger partial charge in [0, 0.05) is 6.42 Å². The third kappa shape index (κ3) is 5.31. The van der Waals surface area contributed by atoms with Crippen molar-refractivity contribution in [3.63, 3.8) is 0 Å². The second kappa shape index (κ2) is 9.61. The van der Waals surface area contributed by atoms with Crippen LogP contribution in [0.3, 0.4) is 0 Å². The number of carbonyl (C=O) groups excluding carboxylic acids is 1. The number of halogens is 1. The number of methoxy groups -OCH3 is 1. The van der Waals surface area contributed by atoms with Crippen molar-refractivity contribution in [1.82, 2.24) is 0 Å². The summed E-state index contributed by atoms with van der Waals surface area (Å²) in [5, 5.41) is 0.0846. The Morgan fingerprint density at radius 3 is 2.74 bits per heavy atom. The average Bonchev–Trinajstić information content (AvgIpc) is 3.21. The van der Waals surface area contributed by atoms with Crippen molar-refractivity contribution in [3.05, 3.63) is 83.0 Å². The number of hydrogen-bond acceptors (Lipinski definition) is 4. The summed E-state index contributed by atoms with van der Waals surface area (Å²) >= 11 is 6.13. The zero-order valence-electron chi connectivity index (χ0n) is 17.8. The van der Waals surface area contributed by atoms with Gasteiger partial charge in [0.15, 0.2) is 0 Å². The molecule has 31 heavy (non-hydrogen) atoms. The Morgan fingerprint density at radius 1 is 1.23 bits per heavy atom. The minimum absolute atomic E-state index is 0.0612. The van der Waals surface area contributed by atoms with Crippen molar-refractivity contribution in [3.8, 4) is 11.5 Å². The van der Waals surface area contributed by atoms with Crippen molar-refractivity contribution in [2.75, 3.05) is 7.11 Å². The lowest BCUT2D eigenvalue weighted by molar-refractivity contribution is -0.140. The SMILES string of the molecule is COC(=O)CC(C)c1ccc(OCc2ccc3c(c2)C[C@@H](C2=CCC(Cl)C=C2)O3)cc1. The molecule has 0 saturated heterocycles. The molecule has 0 aromatic heterocycles. The van der Waals surface area contributed by atoms with E-state index in [0.29, 0.717) is 13.0 Å². The number of carbonyl (C=O) groups is 1. The zero-order chi connectivity index (χ0) is 21.8. The molecule has 1 aliphatic heterocycles. The molecule has 2 aromatic carbocycles. The molecule has 3 atom stereocenters. The van der Waals surface area contributed by atoms with Crippen molar-refractivity contribution in [2.24, 2.45) is 0 Å². The van der Waals surface area contributed by atoms with Crippen molar-refractivity contribution in [1.29, 1.82) is 0 Å². The molecule has 4 rings (SSSR count). The number of benzene rings is 2. The molecule has 1 heterocycles. The van der Waals surface area contributed by atoms with E-state index in [-0.39, 0.29) is 23.4 Å². The van der Waals surface area contributed by atoms with Gasteiger partial charge in [-0.25, -0.2) is 0 Å². The number of rotatable bonds is 7. The van der Waals surface area contributed by atoms with Crippen molar-refractivity contribution >= 4 is 17.6 Å². The van der Waals surface area contributed by atoms with Crippen LogP contribution >= 0.6 is 11.6 Å². The topological polar surface area (TPSA) is 44.8 Å². The van der Waals surface area contributed by atoms with Crippen LogP contribution in [0.5, 0.6) is 11.5 Å². The van der Waals surface area contributed by atoms with Gasteiger partial charge in [0.2, 0.25) is 0 Å². The third-order valence-electron chi connectivity index (χ3n) is 5.80. The first-order valence-corrected chi connectivity index (χ1v) is 11.1. The fourth-order valence-electron chi connectivity index (χ4n) is 3.94. The van der Waals surface area contributed by atoms with E-state index in [9.17, 15) is 4.79 Å². The molecule has 2 aliphatic rings. The predicted octanol–water partition coefficient (Wildman–Crippen LogP) is 5.73. The standard InChI is InChI=1S/C26H27ClO4/c1-17(13-26(28)29-2)19-6-10-23(11-7-19)30-16-18-3-12-24-21(14-18)15-25(31-24)20-4-8-22(27)9-5-20/h3-8,10-12,14,17,22,25H,9,13,15-16H2,1-2H3/t17?,22?,25-/m0/s1. The Kier molecular flexibility index (Phi) is 6.67. The summed E-state index contributed by atoms with van der Waals surface area (Å²) in [7, 11) is 1.41. The normalized spacial score (nSPS) is 20.4. The molecule has 0 amide bonds. The smallest absolute Gasteiger partial charge is 0.306 e. The Hall–Kier alpha value is -2.72. The molecular weight excluding hydrogens is 412 g/mol. The van der Waals surface area contributed by atoms with Crippen LogP contribution in [0, 0.1) is 0 Å². The second-order valence-electron chi connectivity index (χ2n) is 8.11. The summed E-state index contributed by atoms with van der Waals surface area (Å²) in [6, 6.07) is 14.1. The highest BCUT2D eigenvalue weighted by Gasteiger charge is 2.26. The highest BCUT2D eigenvalue weighted by atomic mass is 35.5. The Morgan fingerprint density at radius 2 is 2.03 bits per heavy atom. The van der Waals surface area contributed by atoms with E-state index in [1.807, 2.05) is 49.4 Å². The summed E-state index contributed by atoms with van der Waals surface area (Å²) in [6.45, 7) is 2.51. The Bertz CT molecular complexity index is 993. The van der Waals surface area contributed by atoms with E-state index in [2.05, 4.69) is 18.2 Å². The number of hydrogen-bond donors (Lipinski definition) is 0. The summed E-state index contributed by atoms with van der Waals surface area (Å²) in [5.41, 5.74) is 4.61. The largest absolute Gasteiger partial charge is 0.489 e. The van der Waals surface area contributed by atoms with Crippen LogP contribution in [0.4, 0.5) is 0 Å². The third-order valence-corrected chi connectivity index (χ3v) is 6.13. The van der Waals surface area contributed by atoms with Gasteiger partial charge < -0.3 is 14.2 Å². The molecule has 0 fully saturated rings. The highest BCUT2D eigenvalue weighted by Crippen LogP contribution is 2.34. The lowest BCUT2D eigenvalue weighted by Crippen LogP contribution is -2.17. The van der Waals surface area contributed by atoms with Gasteiger partial charge in [-0.05, 0) is 58.9 Å². The number of ether oxygens (including phenoxy) is 3. The minimum Gasteiger partial charge on any atom is -0.489 e. The monoisotopic (exact) mass is 438 g/mol. The van der Waals surface area contributed by atoms with E-state index in [4.69, 9.17) is 25.8 Å². The molecule has 5 heteroatoms. The molecule has 4 nitrogen and oxygen atoms in total. The molecule has 0 spiro atoms. The molecule has 1 aliphatic carbocycles. The van der Waals surface area contributed by atoms with Crippen molar-refractivity contribution in [2.45, 2.75) is 50.2 Å². The van der Waals surface area contributed by atoms with Crippen LogP contribution in [0.2, 0.25) is 0 Å². The number of fused-ring (bicyclic) bond motifs is 1. The van der Waals surface area contributed by atoms with Crippen LogP contribution in [-0.4, -0.2) is 24.6 Å². The van der Waals surface area contributed by atoms with Crippen LogP contribution < -0.4 is 9.47 Å². The number of esters is 1. The summed E-state index contributed by atoms with van der Waals surface area (Å²) in [5.74, 6) is 1.65. The van der Waals surface area contributed by atoms with Gasteiger partial charge in [0.1, 0.15) is 24.2 Å². The molecule has 2 unspecified atom stereocenters. The molecule has 0 radical (unpaired) electrons. The van der Waals surface area contributed by atoms with E-state index in [1.54, 1.807) is 0 Å². The van der Waals surface area contributed by atoms with Gasteiger partial charge in [-0.1, -0.05) is 43.4 Å². The zero-order valence-corrected chi connectivity index (χ0v) is 18.6. The van der Waals surface area contributed by atoms with Crippen LogP contribution in [0.25, 0.3) is 0 Å². The fraction of sp³-hybridized carbons (Fsp3) is 0.346. The second-order valence-corrected chi connectivity index (χ2v) is 8.67. The van der Waals surface area contributed by atoms with E-state index in [0.717, 1.165) is 35.5 Å². The van der Waals surface area contributed by atoms with E-state index < -0.39 is 0 Å². The molecule has 2 aromatic rings. The van der Waals surface area contributed by atoms with Gasteiger partial charge in [0.25, 0.3) is 0 Å². The molecular formula is C26H27ClO4. The minimum atomic E-state index is -0.199. The Labute approximate surface area is 188 Å². The highest BCUT2D eigenvalue weighted by molar-refractivity contribution is 6.22. The summed E-state index contributed by atoms with van der Waals surface area (Å²) < 4.78 is 16.9.